The minimum Gasteiger partial charge on any atom is -0.503 e. The molecule has 7 nitrogen and oxygen atoms in total. The topological polar surface area (TPSA) is 78.8 Å². The molecule has 116 valence electrons. The summed E-state index contributed by atoms with van der Waals surface area (Å²) in [7, 11) is 0. The minimum absolute atomic E-state index is 0.0614. The van der Waals surface area contributed by atoms with Gasteiger partial charge in [-0.1, -0.05) is 0 Å². The number of aromatic hydroxyl groups is 1. The third-order valence-corrected chi connectivity index (χ3v) is 3.10. The van der Waals surface area contributed by atoms with Crippen molar-refractivity contribution in [3.8, 4) is 5.75 Å². The number of nitrogens with zero attached hydrogens (tertiary/aromatic N) is 4. The Hall–Kier alpha value is -2.05. The molecule has 1 aromatic heterocycles. The predicted molar refractivity (Wildman–Crippen MR) is 78.5 cm³/mol. The molecule has 0 atom stereocenters. The second kappa shape index (κ2) is 5.75. The van der Waals surface area contributed by atoms with Crippen molar-refractivity contribution in [3.63, 3.8) is 0 Å². The van der Waals surface area contributed by atoms with Crippen LogP contribution in [0.2, 0.25) is 0 Å². The Labute approximate surface area is 124 Å². The molecule has 1 N–H and O–H groups in total. The Balaban J connectivity index is 1.97. The van der Waals surface area contributed by atoms with E-state index in [1.165, 1.54) is 6.20 Å². The molecule has 0 radical (unpaired) electrons. The van der Waals surface area contributed by atoms with Gasteiger partial charge in [0.2, 0.25) is 0 Å². The molecule has 0 unspecified atom stereocenters. The lowest BCUT2D eigenvalue weighted by Crippen LogP contribution is -2.50. The van der Waals surface area contributed by atoms with Gasteiger partial charge in [-0.3, -0.25) is 0 Å². The monoisotopic (exact) mass is 294 g/mol. The fourth-order valence-electron chi connectivity index (χ4n) is 2.11. The highest BCUT2D eigenvalue weighted by Crippen LogP contribution is 2.24. The van der Waals surface area contributed by atoms with E-state index in [1.807, 2.05) is 25.7 Å². The first kappa shape index (κ1) is 15.3. The Kier molecular flexibility index (Phi) is 4.20. The van der Waals surface area contributed by atoms with E-state index in [2.05, 4.69) is 9.97 Å². The summed E-state index contributed by atoms with van der Waals surface area (Å²) in [5.41, 5.74) is -0.490. The van der Waals surface area contributed by atoms with Gasteiger partial charge in [0.15, 0.2) is 11.6 Å². The third-order valence-electron chi connectivity index (χ3n) is 3.10. The number of hydrogen-bond acceptors (Lipinski definition) is 6. The Morgan fingerprint density at radius 3 is 2.48 bits per heavy atom. The molecule has 1 amide bonds. The summed E-state index contributed by atoms with van der Waals surface area (Å²) in [6, 6.07) is 0. The normalized spacial score (nSPS) is 16.0. The van der Waals surface area contributed by atoms with Crippen molar-refractivity contribution in [1.82, 2.24) is 14.9 Å². The Morgan fingerprint density at radius 1 is 1.29 bits per heavy atom. The first-order chi connectivity index (χ1) is 9.76. The summed E-state index contributed by atoms with van der Waals surface area (Å²) in [6.07, 6.45) is 1.10. The molecular formula is C14H22N4O3. The van der Waals surface area contributed by atoms with Gasteiger partial charge in [-0.2, -0.15) is 0 Å². The van der Waals surface area contributed by atoms with Gasteiger partial charge in [-0.25, -0.2) is 14.8 Å². The third kappa shape index (κ3) is 3.96. The van der Waals surface area contributed by atoms with E-state index in [4.69, 9.17) is 4.74 Å². The van der Waals surface area contributed by atoms with Gasteiger partial charge in [0.1, 0.15) is 11.4 Å². The second-order valence-corrected chi connectivity index (χ2v) is 6.08. The molecule has 1 fully saturated rings. The van der Waals surface area contributed by atoms with Crippen LogP contribution in [0, 0.1) is 6.92 Å². The molecule has 0 bridgehead atoms. The van der Waals surface area contributed by atoms with E-state index in [0.717, 1.165) is 0 Å². The van der Waals surface area contributed by atoms with Crippen LogP contribution >= 0.6 is 0 Å². The minimum atomic E-state index is -0.490. The van der Waals surface area contributed by atoms with E-state index in [1.54, 1.807) is 11.8 Å². The summed E-state index contributed by atoms with van der Waals surface area (Å²) >= 11 is 0. The van der Waals surface area contributed by atoms with Crippen LogP contribution in [-0.4, -0.2) is 57.8 Å². The number of aromatic nitrogens is 2. The summed E-state index contributed by atoms with van der Waals surface area (Å²) in [5, 5.41) is 9.84. The van der Waals surface area contributed by atoms with E-state index < -0.39 is 5.60 Å². The SMILES string of the molecule is Cc1ncc(O)c(N2CCN(C(=O)OC(C)(C)C)CC2)n1. The maximum Gasteiger partial charge on any atom is 0.410 e. The molecule has 2 heterocycles. The van der Waals surface area contributed by atoms with Crippen LogP contribution < -0.4 is 4.90 Å². The summed E-state index contributed by atoms with van der Waals surface area (Å²) < 4.78 is 5.35. The molecule has 1 saturated heterocycles. The second-order valence-electron chi connectivity index (χ2n) is 6.08. The highest BCUT2D eigenvalue weighted by atomic mass is 16.6. The zero-order valence-corrected chi connectivity index (χ0v) is 13.0. The maximum absolute atomic E-state index is 12.0. The highest BCUT2D eigenvalue weighted by Gasteiger charge is 2.27. The van der Waals surface area contributed by atoms with Crippen LogP contribution in [0.15, 0.2) is 6.20 Å². The molecule has 0 spiro atoms. The van der Waals surface area contributed by atoms with Crippen molar-refractivity contribution in [2.45, 2.75) is 33.3 Å². The van der Waals surface area contributed by atoms with Crippen molar-refractivity contribution >= 4 is 11.9 Å². The van der Waals surface area contributed by atoms with Crippen molar-refractivity contribution in [2.24, 2.45) is 0 Å². The fourth-order valence-corrected chi connectivity index (χ4v) is 2.11. The first-order valence-electron chi connectivity index (χ1n) is 7.02. The number of piperazine rings is 1. The number of aryl methyl sites for hydroxylation is 1. The molecular weight excluding hydrogens is 272 g/mol. The molecule has 1 aromatic rings. The van der Waals surface area contributed by atoms with E-state index >= 15 is 0 Å². The molecule has 1 aliphatic rings. The van der Waals surface area contributed by atoms with E-state index in [0.29, 0.717) is 37.8 Å². The number of anilines is 1. The van der Waals surface area contributed by atoms with Crippen LogP contribution in [0.1, 0.15) is 26.6 Å². The van der Waals surface area contributed by atoms with Crippen LogP contribution in [0.4, 0.5) is 10.6 Å². The molecule has 7 heteroatoms. The van der Waals surface area contributed by atoms with Gasteiger partial charge in [0.25, 0.3) is 0 Å². The number of ether oxygens (including phenoxy) is 1. The van der Waals surface area contributed by atoms with Crippen LogP contribution in [0.5, 0.6) is 5.75 Å². The first-order valence-corrected chi connectivity index (χ1v) is 7.02. The summed E-state index contributed by atoms with van der Waals surface area (Å²) in [6.45, 7) is 9.61. The van der Waals surface area contributed by atoms with E-state index in [-0.39, 0.29) is 11.8 Å². The molecule has 0 aromatic carbocycles. The number of carbonyl (C=O) groups excluding carboxylic acids is 1. The highest BCUT2D eigenvalue weighted by molar-refractivity contribution is 5.68. The number of carbonyl (C=O) groups is 1. The van der Waals surface area contributed by atoms with Crippen molar-refractivity contribution in [2.75, 3.05) is 31.1 Å². The van der Waals surface area contributed by atoms with Gasteiger partial charge >= 0.3 is 6.09 Å². The van der Waals surface area contributed by atoms with Gasteiger partial charge in [0.05, 0.1) is 6.20 Å². The van der Waals surface area contributed by atoms with Gasteiger partial charge in [0, 0.05) is 26.2 Å². The smallest absolute Gasteiger partial charge is 0.410 e. The zero-order valence-electron chi connectivity index (χ0n) is 13.0. The average molecular weight is 294 g/mol. The molecule has 0 aliphatic carbocycles. The molecule has 0 saturated carbocycles. The lowest BCUT2D eigenvalue weighted by molar-refractivity contribution is 0.0240. The quantitative estimate of drug-likeness (QED) is 0.846. The average Bonchev–Trinajstić information content (AvgIpc) is 2.40. The number of amides is 1. The lowest BCUT2D eigenvalue weighted by atomic mass is 10.2. The van der Waals surface area contributed by atoms with Crippen LogP contribution in [0.25, 0.3) is 0 Å². The van der Waals surface area contributed by atoms with E-state index in [9.17, 15) is 9.90 Å². The van der Waals surface area contributed by atoms with Crippen molar-refractivity contribution in [1.29, 1.82) is 0 Å². The zero-order chi connectivity index (χ0) is 15.6. The molecule has 2 rings (SSSR count). The molecule has 21 heavy (non-hydrogen) atoms. The van der Waals surface area contributed by atoms with Gasteiger partial charge in [-0.15, -0.1) is 0 Å². The number of hydrogen-bond donors (Lipinski definition) is 1. The predicted octanol–water partition coefficient (Wildman–Crippen LogP) is 1.55. The largest absolute Gasteiger partial charge is 0.503 e. The lowest BCUT2D eigenvalue weighted by Gasteiger charge is -2.36. The van der Waals surface area contributed by atoms with Gasteiger partial charge in [-0.05, 0) is 27.7 Å². The summed E-state index contributed by atoms with van der Waals surface area (Å²) in [5.74, 6) is 1.19. The van der Waals surface area contributed by atoms with Crippen LogP contribution in [0.3, 0.4) is 0 Å². The van der Waals surface area contributed by atoms with Crippen molar-refractivity contribution in [3.05, 3.63) is 12.0 Å². The number of rotatable bonds is 1. The van der Waals surface area contributed by atoms with Crippen LogP contribution in [-0.2, 0) is 4.74 Å². The standard InChI is InChI=1S/C14H22N4O3/c1-10-15-9-11(19)12(16-10)17-5-7-18(8-6-17)13(20)21-14(2,3)4/h9,19H,5-8H2,1-4H3. The maximum atomic E-state index is 12.0. The fraction of sp³-hybridized carbons (Fsp3) is 0.643. The molecule has 1 aliphatic heterocycles. The Morgan fingerprint density at radius 2 is 1.90 bits per heavy atom. The van der Waals surface area contributed by atoms with Crippen molar-refractivity contribution < 1.29 is 14.6 Å². The van der Waals surface area contributed by atoms with Gasteiger partial charge < -0.3 is 19.6 Å². The Bertz CT molecular complexity index is 519. The summed E-state index contributed by atoms with van der Waals surface area (Å²) in [4.78, 5) is 23.8.